The number of aromatic amines is 1. The van der Waals surface area contributed by atoms with Gasteiger partial charge in [0.1, 0.15) is 5.75 Å². The molecular formula is C10H10N2O. The molecule has 0 saturated heterocycles. The summed E-state index contributed by atoms with van der Waals surface area (Å²) in [7, 11) is 0. The summed E-state index contributed by atoms with van der Waals surface area (Å²) in [5.41, 5.74) is 2.13. The second-order valence-corrected chi connectivity index (χ2v) is 3.61. The third-order valence-corrected chi connectivity index (χ3v) is 2.55. The highest BCUT2D eigenvalue weighted by atomic mass is 16.3. The lowest BCUT2D eigenvalue weighted by molar-refractivity contribution is 0.476. The van der Waals surface area contributed by atoms with Crippen molar-refractivity contribution in [1.29, 1.82) is 0 Å². The molecule has 0 atom stereocenters. The average Bonchev–Trinajstić information content (AvgIpc) is 2.87. The molecule has 0 spiro atoms. The van der Waals surface area contributed by atoms with Gasteiger partial charge in [0.25, 0.3) is 0 Å². The Kier molecular flexibility index (Phi) is 1.20. The quantitative estimate of drug-likeness (QED) is 0.695. The molecular weight excluding hydrogens is 164 g/mol. The Morgan fingerprint density at radius 1 is 1.38 bits per heavy atom. The lowest BCUT2D eigenvalue weighted by Gasteiger charge is -1.94. The Morgan fingerprint density at radius 2 is 2.23 bits per heavy atom. The van der Waals surface area contributed by atoms with Crippen LogP contribution < -0.4 is 0 Å². The molecule has 1 aliphatic carbocycles. The fourth-order valence-corrected chi connectivity index (χ4v) is 1.70. The first kappa shape index (κ1) is 6.95. The molecule has 0 unspecified atom stereocenters. The zero-order chi connectivity index (χ0) is 8.84. The van der Waals surface area contributed by atoms with Gasteiger partial charge in [-0.1, -0.05) is 0 Å². The molecule has 1 fully saturated rings. The molecule has 2 aromatic rings. The SMILES string of the molecule is Oc1ccc2n[nH]c(C3CC3)c2c1. The number of aromatic hydroxyl groups is 1. The van der Waals surface area contributed by atoms with E-state index in [1.54, 1.807) is 12.1 Å². The summed E-state index contributed by atoms with van der Waals surface area (Å²) in [6.45, 7) is 0. The predicted molar refractivity (Wildman–Crippen MR) is 49.7 cm³/mol. The standard InChI is InChI=1S/C10H10N2O/c13-7-3-4-9-8(5-7)10(12-11-9)6-1-2-6/h3-6,13H,1-2H2,(H,11,12). The number of H-pyrrole nitrogens is 1. The van der Waals surface area contributed by atoms with Crippen LogP contribution in [0.1, 0.15) is 24.5 Å². The number of hydrogen-bond donors (Lipinski definition) is 2. The maximum atomic E-state index is 9.33. The number of rotatable bonds is 1. The maximum Gasteiger partial charge on any atom is 0.116 e. The van der Waals surface area contributed by atoms with E-state index in [2.05, 4.69) is 10.2 Å². The van der Waals surface area contributed by atoms with Crippen LogP contribution in [-0.2, 0) is 0 Å². The number of hydrogen-bond acceptors (Lipinski definition) is 2. The molecule has 66 valence electrons. The first-order valence-electron chi connectivity index (χ1n) is 4.51. The fraction of sp³-hybridized carbons (Fsp3) is 0.300. The Bertz CT molecular complexity index is 457. The van der Waals surface area contributed by atoms with Gasteiger partial charge in [0, 0.05) is 17.0 Å². The van der Waals surface area contributed by atoms with E-state index < -0.39 is 0 Å². The molecule has 0 radical (unpaired) electrons. The van der Waals surface area contributed by atoms with Crippen molar-refractivity contribution in [3.63, 3.8) is 0 Å². The molecule has 3 heteroatoms. The minimum Gasteiger partial charge on any atom is -0.508 e. The lowest BCUT2D eigenvalue weighted by atomic mass is 10.1. The predicted octanol–water partition coefficient (Wildman–Crippen LogP) is 2.15. The average molecular weight is 174 g/mol. The van der Waals surface area contributed by atoms with Gasteiger partial charge in [-0.05, 0) is 31.0 Å². The number of phenols is 1. The monoisotopic (exact) mass is 174 g/mol. The van der Waals surface area contributed by atoms with E-state index in [-0.39, 0.29) is 0 Å². The van der Waals surface area contributed by atoms with Crippen molar-refractivity contribution in [2.75, 3.05) is 0 Å². The van der Waals surface area contributed by atoms with E-state index >= 15 is 0 Å². The number of fused-ring (bicyclic) bond motifs is 1. The van der Waals surface area contributed by atoms with Crippen LogP contribution in [-0.4, -0.2) is 15.3 Å². The highest BCUT2D eigenvalue weighted by Gasteiger charge is 2.27. The van der Waals surface area contributed by atoms with Crippen molar-refractivity contribution in [1.82, 2.24) is 10.2 Å². The molecule has 2 N–H and O–H groups in total. The highest BCUT2D eigenvalue weighted by Crippen LogP contribution is 2.42. The minimum absolute atomic E-state index is 0.316. The summed E-state index contributed by atoms with van der Waals surface area (Å²) < 4.78 is 0. The first-order valence-corrected chi connectivity index (χ1v) is 4.51. The third kappa shape index (κ3) is 1.00. The topological polar surface area (TPSA) is 48.9 Å². The first-order chi connectivity index (χ1) is 6.34. The molecule has 3 nitrogen and oxygen atoms in total. The van der Waals surface area contributed by atoms with E-state index in [1.165, 1.54) is 18.5 Å². The van der Waals surface area contributed by atoms with Crippen LogP contribution in [0.3, 0.4) is 0 Å². The summed E-state index contributed by atoms with van der Waals surface area (Å²) in [4.78, 5) is 0. The van der Waals surface area contributed by atoms with Crippen molar-refractivity contribution < 1.29 is 5.11 Å². The summed E-state index contributed by atoms with van der Waals surface area (Å²) in [6.07, 6.45) is 2.49. The van der Waals surface area contributed by atoms with Gasteiger partial charge >= 0.3 is 0 Å². The van der Waals surface area contributed by atoms with E-state index in [0.29, 0.717) is 11.7 Å². The van der Waals surface area contributed by atoms with Crippen LogP contribution in [0.5, 0.6) is 5.75 Å². The van der Waals surface area contributed by atoms with Gasteiger partial charge in [0.15, 0.2) is 0 Å². The molecule has 0 aliphatic heterocycles. The molecule has 1 aromatic carbocycles. The van der Waals surface area contributed by atoms with Crippen LogP contribution in [0.4, 0.5) is 0 Å². The summed E-state index contributed by atoms with van der Waals surface area (Å²) in [5.74, 6) is 0.961. The van der Waals surface area contributed by atoms with Crippen molar-refractivity contribution in [3.05, 3.63) is 23.9 Å². The van der Waals surface area contributed by atoms with E-state index in [9.17, 15) is 5.11 Å². The van der Waals surface area contributed by atoms with E-state index in [0.717, 1.165) is 10.9 Å². The highest BCUT2D eigenvalue weighted by molar-refractivity contribution is 5.83. The Balaban J connectivity index is 2.29. The largest absolute Gasteiger partial charge is 0.508 e. The van der Waals surface area contributed by atoms with E-state index in [1.807, 2.05) is 6.07 Å². The number of aromatic nitrogens is 2. The zero-order valence-corrected chi connectivity index (χ0v) is 7.12. The van der Waals surface area contributed by atoms with Crippen LogP contribution in [0.25, 0.3) is 10.9 Å². The second kappa shape index (κ2) is 2.25. The van der Waals surface area contributed by atoms with Gasteiger partial charge < -0.3 is 5.11 Å². The molecule has 1 aromatic heterocycles. The van der Waals surface area contributed by atoms with Crippen molar-refractivity contribution in [2.24, 2.45) is 0 Å². The van der Waals surface area contributed by atoms with Crippen LogP contribution >= 0.6 is 0 Å². The van der Waals surface area contributed by atoms with Crippen LogP contribution in [0, 0.1) is 0 Å². The molecule has 1 aliphatic rings. The summed E-state index contributed by atoms with van der Waals surface area (Å²) >= 11 is 0. The molecule has 13 heavy (non-hydrogen) atoms. The van der Waals surface area contributed by atoms with Crippen molar-refractivity contribution >= 4 is 10.9 Å². The van der Waals surface area contributed by atoms with Gasteiger partial charge in [0.2, 0.25) is 0 Å². The normalized spacial score (nSPS) is 16.6. The van der Waals surface area contributed by atoms with Crippen molar-refractivity contribution in [3.8, 4) is 5.75 Å². The Hall–Kier alpha value is -1.51. The van der Waals surface area contributed by atoms with Gasteiger partial charge in [-0.25, -0.2) is 0 Å². The van der Waals surface area contributed by atoms with Crippen LogP contribution in [0.15, 0.2) is 18.2 Å². The lowest BCUT2D eigenvalue weighted by Crippen LogP contribution is -1.78. The number of nitrogens with one attached hydrogen (secondary N) is 1. The number of phenolic OH excluding ortho intramolecular Hbond substituents is 1. The van der Waals surface area contributed by atoms with Gasteiger partial charge in [-0.15, -0.1) is 0 Å². The maximum absolute atomic E-state index is 9.33. The van der Waals surface area contributed by atoms with Gasteiger partial charge in [-0.3, -0.25) is 5.10 Å². The fourth-order valence-electron chi connectivity index (χ4n) is 1.70. The van der Waals surface area contributed by atoms with E-state index in [4.69, 9.17) is 0 Å². The third-order valence-electron chi connectivity index (χ3n) is 2.55. The summed E-state index contributed by atoms with van der Waals surface area (Å²) in [5, 5.41) is 17.6. The van der Waals surface area contributed by atoms with Crippen LogP contribution in [0.2, 0.25) is 0 Å². The number of benzene rings is 1. The smallest absolute Gasteiger partial charge is 0.116 e. The van der Waals surface area contributed by atoms with Gasteiger partial charge in [-0.2, -0.15) is 5.10 Å². The second-order valence-electron chi connectivity index (χ2n) is 3.61. The summed E-state index contributed by atoms with van der Waals surface area (Å²) in [6, 6.07) is 5.29. The van der Waals surface area contributed by atoms with Crippen molar-refractivity contribution in [2.45, 2.75) is 18.8 Å². The van der Waals surface area contributed by atoms with Gasteiger partial charge in [0.05, 0.1) is 5.52 Å². The molecule has 0 amide bonds. The molecule has 1 heterocycles. The zero-order valence-electron chi connectivity index (χ0n) is 7.12. The Labute approximate surface area is 75.4 Å². The minimum atomic E-state index is 0.316. The molecule has 1 saturated carbocycles. The number of nitrogens with zero attached hydrogens (tertiary/aromatic N) is 1. The Morgan fingerprint density at radius 3 is 3.00 bits per heavy atom. The molecule has 0 bridgehead atoms. The molecule has 3 rings (SSSR count).